The van der Waals surface area contributed by atoms with Crippen molar-refractivity contribution in [3.8, 4) is 6.07 Å². The molecule has 1 heterocycles. The highest BCUT2D eigenvalue weighted by molar-refractivity contribution is 14.1. The first-order valence-corrected chi connectivity index (χ1v) is 4.30. The number of halogens is 1. The molecule has 0 radical (unpaired) electrons. The van der Waals surface area contributed by atoms with Crippen LogP contribution in [0.1, 0.15) is 23.0 Å². The average Bonchev–Trinajstić information content (AvgIpc) is 2.03. The smallest absolute Gasteiger partial charge is 0.178 e. The quantitative estimate of drug-likeness (QED) is 0.444. The van der Waals surface area contributed by atoms with Crippen molar-refractivity contribution in [3.05, 3.63) is 27.1 Å². The summed E-state index contributed by atoms with van der Waals surface area (Å²) >= 11 is 1.97. The van der Waals surface area contributed by atoms with Gasteiger partial charge < -0.3 is 0 Å². The molecule has 0 aromatic carbocycles. The van der Waals surface area contributed by atoms with Crippen molar-refractivity contribution in [2.45, 2.75) is 6.92 Å². The number of carbonyl (C=O) groups excluding carboxylic acids is 1. The van der Waals surface area contributed by atoms with Gasteiger partial charge in [0.2, 0.25) is 0 Å². The lowest BCUT2D eigenvalue weighted by Gasteiger charge is -1.96. The van der Waals surface area contributed by atoms with Crippen LogP contribution in [0, 0.1) is 15.0 Å². The van der Waals surface area contributed by atoms with Gasteiger partial charge >= 0.3 is 0 Å². The lowest BCUT2D eigenvalue weighted by molar-refractivity contribution is 0.101. The number of carbonyl (C=O) groups is 1. The Bertz CT molecular complexity index is 368. The molecule has 0 N–H and O–H groups in total. The molecule has 0 aliphatic rings. The molecule has 0 amide bonds. The Morgan fingerprint density at radius 1 is 1.67 bits per heavy atom. The number of nitrogens with zero attached hydrogens (tertiary/aromatic N) is 2. The van der Waals surface area contributed by atoms with Crippen LogP contribution in [-0.2, 0) is 0 Å². The largest absolute Gasteiger partial charge is 0.293 e. The minimum absolute atomic E-state index is 0.120. The highest BCUT2D eigenvalue weighted by Gasteiger charge is 2.03. The van der Waals surface area contributed by atoms with Crippen LogP contribution < -0.4 is 0 Å². The van der Waals surface area contributed by atoms with Crippen LogP contribution in [0.15, 0.2) is 12.1 Å². The molecule has 0 saturated carbocycles. The average molecular weight is 272 g/mol. The van der Waals surface area contributed by atoms with Crippen molar-refractivity contribution < 1.29 is 4.79 Å². The predicted octanol–water partition coefficient (Wildman–Crippen LogP) is 1.76. The van der Waals surface area contributed by atoms with Crippen LogP contribution in [0.4, 0.5) is 0 Å². The Kier molecular flexibility index (Phi) is 2.76. The second-order valence-electron chi connectivity index (χ2n) is 2.23. The highest BCUT2D eigenvalue weighted by Crippen LogP contribution is 2.07. The Morgan fingerprint density at radius 2 is 2.33 bits per heavy atom. The van der Waals surface area contributed by atoms with E-state index < -0.39 is 0 Å². The topological polar surface area (TPSA) is 53.8 Å². The fourth-order valence-corrected chi connectivity index (χ4v) is 1.34. The summed E-state index contributed by atoms with van der Waals surface area (Å²) < 4.78 is 0.664. The van der Waals surface area contributed by atoms with Crippen molar-refractivity contribution in [2.75, 3.05) is 0 Å². The second kappa shape index (κ2) is 3.63. The van der Waals surface area contributed by atoms with Gasteiger partial charge in [0.15, 0.2) is 5.78 Å². The Morgan fingerprint density at radius 3 is 2.83 bits per heavy atom. The van der Waals surface area contributed by atoms with E-state index in [1.807, 2.05) is 28.7 Å². The number of aromatic nitrogens is 1. The van der Waals surface area contributed by atoms with Crippen LogP contribution in [-0.4, -0.2) is 10.8 Å². The molecule has 0 spiro atoms. The SMILES string of the molecule is CC(=O)c1cc(C#N)cc(I)n1. The summed E-state index contributed by atoms with van der Waals surface area (Å²) in [5.41, 5.74) is 0.818. The fraction of sp³-hybridized carbons (Fsp3) is 0.125. The maximum Gasteiger partial charge on any atom is 0.178 e. The molecular weight excluding hydrogens is 267 g/mol. The third kappa shape index (κ3) is 2.01. The molecule has 0 atom stereocenters. The minimum Gasteiger partial charge on any atom is -0.293 e. The van der Waals surface area contributed by atoms with E-state index in [9.17, 15) is 4.79 Å². The molecule has 60 valence electrons. The summed E-state index contributed by atoms with van der Waals surface area (Å²) in [5.74, 6) is -0.120. The van der Waals surface area contributed by atoms with Crippen molar-refractivity contribution in [3.63, 3.8) is 0 Å². The zero-order valence-corrected chi connectivity index (χ0v) is 8.49. The Labute approximate surface area is 83.6 Å². The van der Waals surface area contributed by atoms with Gasteiger partial charge in [0.1, 0.15) is 9.39 Å². The van der Waals surface area contributed by atoms with E-state index in [0.29, 0.717) is 15.0 Å². The van der Waals surface area contributed by atoms with Crippen LogP contribution in [0.25, 0.3) is 0 Å². The number of pyridine rings is 1. The molecule has 0 bridgehead atoms. The molecule has 0 aliphatic carbocycles. The molecule has 0 aliphatic heterocycles. The third-order valence-electron chi connectivity index (χ3n) is 1.28. The summed E-state index contributed by atoms with van der Waals surface area (Å²) in [6, 6.07) is 5.09. The number of nitriles is 1. The minimum atomic E-state index is -0.120. The van der Waals surface area contributed by atoms with Crippen LogP contribution in [0.3, 0.4) is 0 Å². The molecule has 12 heavy (non-hydrogen) atoms. The number of rotatable bonds is 1. The number of Topliss-reactive ketones (excluding diaryl/α,β-unsaturated/α-hetero) is 1. The van der Waals surface area contributed by atoms with Gasteiger partial charge in [0.25, 0.3) is 0 Å². The monoisotopic (exact) mass is 272 g/mol. The first-order chi connectivity index (χ1) is 5.63. The van der Waals surface area contributed by atoms with Crippen molar-refractivity contribution in [1.29, 1.82) is 5.26 Å². The molecule has 4 heteroatoms. The summed E-state index contributed by atoms with van der Waals surface area (Å²) in [6.07, 6.45) is 0. The van der Waals surface area contributed by atoms with Gasteiger partial charge in [-0.3, -0.25) is 4.79 Å². The molecule has 1 aromatic rings. The van der Waals surface area contributed by atoms with E-state index in [1.54, 1.807) is 6.07 Å². The van der Waals surface area contributed by atoms with Gasteiger partial charge in [0.05, 0.1) is 11.6 Å². The van der Waals surface area contributed by atoms with Crippen molar-refractivity contribution in [1.82, 2.24) is 4.98 Å². The molecule has 1 rings (SSSR count). The standard InChI is InChI=1S/C8H5IN2O/c1-5(12)7-2-6(4-10)3-8(9)11-7/h2-3H,1H3. The van der Waals surface area contributed by atoms with Gasteiger partial charge in [-0.2, -0.15) is 5.26 Å². The highest BCUT2D eigenvalue weighted by atomic mass is 127. The van der Waals surface area contributed by atoms with Gasteiger partial charge in [-0.25, -0.2) is 4.98 Å². The second-order valence-corrected chi connectivity index (χ2v) is 3.34. The molecular formula is C8H5IN2O. The van der Waals surface area contributed by atoms with E-state index in [-0.39, 0.29) is 5.78 Å². The maximum atomic E-state index is 10.9. The van der Waals surface area contributed by atoms with E-state index in [4.69, 9.17) is 5.26 Å². The fourth-order valence-electron chi connectivity index (χ4n) is 0.742. The molecule has 0 saturated heterocycles. The molecule has 3 nitrogen and oxygen atoms in total. The van der Waals surface area contributed by atoms with Crippen LogP contribution in [0.5, 0.6) is 0 Å². The number of ketones is 1. The Balaban J connectivity index is 3.26. The van der Waals surface area contributed by atoms with Crippen molar-refractivity contribution >= 4 is 28.4 Å². The van der Waals surface area contributed by atoms with Gasteiger partial charge in [-0.1, -0.05) is 0 Å². The summed E-state index contributed by atoms with van der Waals surface area (Å²) in [6.45, 7) is 1.43. The van der Waals surface area contributed by atoms with Crippen molar-refractivity contribution in [2.24, 2.45) is 0 Å². The van der Waals surface area contributed by atoms with E-state index >= 15 is 0 Å². The van der Waals surface area contributed by atoms with Crippen LogP contribution >= 0.6 is 22.6 Å². The molecule has 0 fully saturated rings. The lowest BCUT2D eigenvalue weighted by Crippen LogP contribution is -1.98. The number of hydrogen-bond donors (Lipinski definition) is 0. The van der Waals surface area contributed by atoms with Crippen LogP contribution in [0.2, 0.25) is 0 Å². The maximum absolute atomic E-state index is 10.9. The third-order valence-corrected chi connectivity index (χ3v) is 1.84. The summed E-state index contributed by atoms with van der Waals surface area (Å²) in [4.78, 5) is 14.9. The first kappa shape index (κ1) is 9.13. The van der Waals surface area contributed by atoms with Gasteiger partial charge in [-0.15, -0.1) is 0 Å². The van der Waals surface area contributed by atoms with E-state index in [1.165, 1.54) is 13.0 Å². The first-order valence-electron chi connectivity index (χ1n) is 3.22. The van der Waals surface area contributed by atoms with Gasteiger partial charge in [0, 0.05) is 6.92 Å². The Hall–Kier alpha value is -0.960. The predicted molar refractivity (Wildman–Crippen MR) is 51.7 cm³/mol. The van der Waals surface area contributed by atoms with E-state index in [2.05, 4.69) is 4.98 Å². The normalized spacial score (nSPS) is 9.08. The molecule has 0 unspecified atom stereocenters. The lowest BCUT2D eigenvalue weighted by atomic mass is 10.2. The zero-order valence-electron chi connectivity index (χ0n) is 6.34. The van der Waals surface area contributed by atoms with Gasteiger partial charge in [-0.05, 0) is 34.7 Å². The van der Waals surface area contributed by atoms with E-state index in [0.717, 1.165) is 0 Å². The zero-order chi connectivity index (χ0) is 9.14. The number of hydrogen-bond acceptors (Lipinski definition) is 3. The molecule has 1 aromatic heterocycles. The summed E-state index contributed by atoms with van der Waals surface area (Å²) in [5, 5.41) is 8.58. The summed E-state index contributed by atoms with van der Waals surface area (Å²) in [7, 11) is 0.